The van der Waals surface area contributed by atoms with Crippen LogP contribution in [0.5, 0.6) is 0 Å². The molecule has 0 aliphatic carbocycles. The molecule has 0 aromatic rings. The first-order valence-corrected chi connectivity index (χ1v) is 13.4. The summed E-state index contributed by atoms with van der Waals surface area (Å²) in [6.07, 6.45) is 0. The van der Waals surface area contributed by atoms with Crippen LogP contribution in [-0.2, 0) is 33.2 Å². The SMILES string of the molecule is CC.CC.CC.CCOCCOCCOCCOCCOCCOCCOCCNCC(N)CO. The summed E-state index contributed by atoms with van der Waals surface area (Å²) in [5, 5.41) is 11.9. The first-order valence-electron chi connectivity index (χ1n) is 13.4. The summed E-state index contributed by atoms with van der Waals surface area (Å²) in [4.78, 5) is 0. The number of rotatable bonds is 25. The number of nitrogens with one attached hydrogen (secondary N) is 1. The fourth-order valence-corrected chi connectivity index (χ4v) is 1.96. The van der Waals surface area contributed by atoms with Crippen LogP contribution >= 0.6 is 0 Å². The fourth-order valence-electron chi connectivity index (χ4n) is 1.96. The van der Waals surface area contributed by atoms with Crippen molar-refractivity contribution in [1.82, 2.24) is 5.32 Å². The lowest BCUT2D eigenvalue weighted by molar-refractivity contribution is -0.0200. The summed E-state index contributed by atoms with van der Waals surface area (Å²) in [5.41, 5.74) is 5.56. The van der Waals surface area contributed by atoms with E-state index in [1.54, 1.807) is 0 Å². The minimum Gasteiger partial charge on any atom is -0.395 e. The molecule has 0 heterocycles. The molecule has 1 atom stereocenters. The predicted octanol–water partition coefficient (Wildman–Crippen LogP) is 2.11. The molecule has 0 aromatic carbocycles. The number of ether oxygens (including phenoxy) is 7. The molecule has 10 nitrogen and oxygen atoms in total. The minimum absolute atomic E-state index is 0.0176. The van der Waals surface area contributed by atoms with Crippen molar-refractivity contribution in [2.45, 2.75) is 54.5 Å². The highest BCUT2D eigenvalue weighted by molar-refractivity contribution is 4.61. The lowest BCUT2D eigenvalue weighted by atomic mass is 10.3. The van der Waals surface area contributed by atoms with Crippen LogP contribution in [0.2, 0.25) is 0 Å². The van der Waals surface area contributed by atoms with E-state index < -0.39 is 0 Å². The van der Waals surface area contributed by atoms with Gasteiger partial charge in [0.05, 0.1) is 92.5 Å². The molecule has 0 aromatic heterocycles. The number of aliphatic hydroxyl groups excluding tert-OH is 1. The van der Waals surface area contributed by atoms with E-state index in [0.717, 1.165) is 0 Å². The second-order valence-electron chi connectivity index (χ2n) is 6.02. The quantitative estimate of drug-likeness (QED) is 0.155. The van der Waals surface area contributed by atoms with Gasteiger partial charge in [0.15, 0.2) is 0 Å². The van der Waals surface area contributed by atoms with Crippen molar-refractivity contribution in [3.63, 3.8) is 0 Å². The zero-order chi connectivity index (χ0) is 27.3. The molecule has 0 bridgehead atoms. The summed E-state index contributed by atoms with van der Waals surface area (Å²) < 4.78 is 37.5. The molecular formula is C25H60N2O8. The van der Waals surface area contributed by atoms with Crippen molar-refractivity contribution >= 4 is 0 Å². The molecule has 0 amide bonds. The molecule has 0 spiro atoms. The summed E-state index contributed by atoms with van der Waals surface area (Å²) in [5.74, 6) is 0. The van der Waals surface area contributed by atoms with Gasteiger partial charge in [0, 0.05) is 25.7 Å². The number of hydrogen-bond donors (Lipinski definition) is 3. The molecule has 10 heteroatoms. The molecule has 0 aliphatic rings. The van der Waals surface area contributed by atoms with E-state index in [9.17, 15) is 0 Å². The van der Waals surface area contributed by atoms with E-state index in [1.807, 2.05) is 48.5 Å². The zero-order valence-electron chi connectivity index (χ0n) is 24.0. The van der Waals surface area contributed by atoms with Gasteiger partial charge in [-0.15, -0.1) is 0 Å². The van der Waals surface area contributed by atoms with Gasteiger partial charge in [0.1, 0.15) is 0 Å². The van der Waals surface area contributed by atoms with E-state index >= 15 is 0 Å². The van der Waals surface area contributed by atoms with Gasteiger partial charge in [0.2, 0.25) is 0 Å². The van der Waals surface area contributed by atoms with E-state index in [1.165, 1.54) is 0 Å². The van der Waals surface area contributed by atoms with Crippen LogP contribution < -0.4 is 11.1 Å². The number of nitrogens with two attached hydrogens (primary N) is 1. The summed E-state index contributed by atoms with van der Waals surface area (Å²) in [7, 11) is 0. The van der Waals surface area contributed by atoms with E-state index in [2.05, 4.69) is 5.32 Å². The van der Waals surface area contributed by atoms with Gasteiger partial charge < -0.3 is 49.3 Å². The van der Waals surface area contributed by atoms with Crippen molar-refractivity contribution in [3.05, 3.63) is 0 Å². The van der Waals surface area contributed by atoms with Crippen molar-refractivity contribution in [3.8, 4) is 0 Å². The molecule has 4 N–H and O–H groups in total. The van der Waals surface area contributed by atoms with Crippen LogP contribution in [0.3, 0.4) is 0 Å². The number of hydrogen-bond acceptors (Lipinski definition) is 10. The largest absolute Gasteiger partial charge is 0.395 e. The Morgan fingerprint density at radius 2 is 0.829 bits per heavy atom. The van der Waals surface area contributed by atoms with E-state index in [-0.39, 0.29) is 12.6 Å². The topological polar surface area (TPSA) is 123 Å². The maximum Gasteiger partial charge on any atom is 0.0701 e. The predicted molar refractivity (Wildman–Crippen MR) is 143 cm³/mol. The maximum absolute atomic E-state index is 8.77. The molecule has 0 saturated carbocycles. The molecule has 35 heavy (non-hydrogen) atoms. The highest BCUT2D eigenvalue weighted by Crippen LogP contribution is 1.85. The van der Waals surface area contributed by atoms with Gasteiger partial charge in [0.25, 0.3) is 0 Å². The summed E-state index contributed by atoms with van der Waals surface area (Å²) in [6.45, 7) is 23.1. The molecule has 0 aliphatic heterocycles. The highest BCUT2D eigenvalue weighted by Gasteiger charge is 1.98. The van der Waals surface area contributed by atoms with Crippen LogP contribution in [0.15, 0.2) is 0 Å². The van der Waals surface area contributed by atoms with Crippen LogP contribution in [0.4, 0.5) is 0 Å². The summed E-state index contributed by atoms with van der Waals surface area (Å²) in [6, 6.07) is -0.224. The monoisotopic (exact) mass is 516 g/mol. The minimum atomic E-state index is -0.224. The molecule has 1 unspecified atom stereocenters. The maximum atomic E-state index is 8.77. The van der Waals surface area contributed by atoms with Gasteiger partial charge in [-0.3, -0.25) is 0 Å². The van der Waals surface area contributed by atoms with Gasteiger partial charge >= 0.3 is 0 Å². The zero-order valence-corrected chi connectivity index (χ0v) is 24.0. The van der Waals surface area contributed by atoms with Crippen molar-refractivity contribution < 1.29 is 38.3 Å². The summed E-state index contributed by atoms with van der Waals surface area (Å²) >= 11 is 0. The van der Waals surface area contributed by atoms with Crippen LogP contribution in [0.25, 0.3) is 0 Å². The molecule has 0 rings (SSSR count). The number of aliphatic hydroxyl groups is 1. The van der Waals surface area contributed by atoms with Crippen LogP contribution in [0.1, 0.15) is 48.5 Å². The van der Waals surface area contributed by atoms with Gasteiger partial charge in [-0.25, -0.2) is 0 Å². The second-order valence-corrected chi connectivity index (χ2v) is 6.02. The first-order chi connectivity index (χ1) is 17.3. The van der Waals surface area contributed by atoms with Crippen molar-refractivity contribution in [2.75, 3.05) is 112 Å². The Hall–Kier alpha value is -0.400. The Morgan fingerprint density at radius 3 is 1.11 bits per heavy atom. The second kappa shape index (κ2) is 46.9. The Kier molecular flexibility index (Phi) is 55.9. The Bertz CT molecular complexity index is 307. The van der Waals surface area contributed by atoms with Gasteiger partial charge in [-0.05, 0) is 6.92 Å². The molecule has 0 fully saturated rings. The average Bonchev–Trinajstić information content (AvgIpc) is 2.92. The lowest BCUT2D eigenvalue weighted by Crippen LogP contribution is -2.37. The highest BCUT2D eigenvalue weighted by atomic mass is 16.6. The van der Waals surface area contributed by atoms with E-state index in [0.29, 0.717) is 106 Å². The lowest BCUT2D eigenvalue weighted by Gasteiger charge is -2.10. The average molecular weight is 517 g/mol. The van der Waals surface area contributed by atoms with Crippen molar-refractivity contribution in [1.29, 1.82) is 0 Å². The van der Waals surface area contributed by atoms with Crippen LogP contribution in [0, 0.1) is 0 Å². The first kappa shape index (κ1) is 41.7. The van der Waals surface area contributed by atoms with Gasteiger partial charge in [-0.2, -0.15) is 0 Å². The third kappa shape index (κ3) is 47.4. The van der Waals surface area contributed by atoms with E-state index in [4.69, 9.17) is 44.0 Å². The molecule has 218 valence electrons. The molecular weight excluding hydrogens is 456 g/mol. The van der Waals surface area contributed by atoms with Crippen LogP contribution in [-0.4, -0.2) is 123 Å². The standard InChI is InChI=1S/C19H42N2O8.3C2H6/c1-2-23-5-6-25-9-10-27-13-14-29-16-15-28-12-11-26-8-7-24-4-3-21-17-19(20)18-22;3*1-2/h19,21-22H,2-18,20H2,1H3;3*1-2H3. The fraction of sp³-hybridized carbons (Fsp3) is 1.00. The Balaban J connectivity index is -0.000000737. The Labute approximate surface area is 216 Å². The smallest absolute Gasteiger partial charge is 0.0701 e. The van der Waals surface area contributed by atoms with Gasteiger partial charge in [-0.1, -0.05) is 41.5 Å². The third-order valence-corrected chi connectivity index (χ3v) is 3.50. The van der Waals surface area contributed by atoms with Crippen molar-refractivity contribution in [2.24, 2.45) is 5.73 Å². The molecule has 0 saturated heterocycles. The molecule has 0 radical (unpaired) electrons. The normalized spacial score (nSPS) is 10.9. The Morgan fingerprint density at radius 1 is 0.543 bits per heavy atom. The third-order valence-electron chi connectivity index (χ3n) is 3.50.